The fourth-order valence-corrected chi connectivity index (χ4v) is 4.42. The van der Waals surface area contributed by atoms with Gasteiger partial charge < -0.3 is 15.0 Å². The van der Waals surface area contributed by atoms with Gasteiger partial charge in [0, 0.05) is 29.8 Å². The van der Waals surface area contributed by atoms with Crippen molar-refractivity contribution in [2.45, 2.75) is 65.0 Å². The topological polar surface area (TPSA) is 88.3 Å². The molecule has 2 aromatic rings. The van der Waals surface area contributed by atoms with Crippen LogP contribution < -0.4 is 15.6 Å². The van der Waals surface area contributed by atoms with Crippen LogP contribution in [0.25, 0.3) is 0 Å². The molecule has 0 unspecified atom stereocenters. The zero-order chi connectivity index (χ0) is 21.3. The molecule has 0 spiro atoms. The maximum atomic E-state index is 12.7. The third kappa shape index (κ3) is 4.32. The van der Waals surface area contributed by atoms with Gasteiger partial charge in [0.25, 0.3) is 11.5 Å². The molecule has 0 atom stereocenters. The summed E-state index contributed by atoms with van der Waals surface area (Å²) in [4.78, 5) is 40.5. The SMILES string of the molecule is CC1(C)CC(=O)c2cc(C(=O)NCc3ccccc3OC3CCCC3)c(=O)[nH]c2C1. The van der Waals surface area contributed by atoms with Gasteiger partial charge >= 0.3 is 0 Å². The Labute approximate surface area is 176 Å². The van der Waals surface area contributed by atoms with Gasteiger partial charge in [0.05, 0.1) is 6.10 Å². The predicted molar refractivity (Wildman–Crippen MR) is 114 cm³/mol. The van der Waals surface area contributed by atoms with E-state index in [1.807, 2.05) is 38.1 Å². The van der Waals surface area contributed by atoms with Gasteiger partial charge in [-0.1, -0.05) is 32.0 Å². The van der Waals surface area contributed by atoms with E-state index in [0.717, 1.165) is 24.2 Å². The van der Waals surface area contributed by atoms with E-state index >= 15 is 0 Å². The van der Waals surface area contributed by atoms with Crippen molar-refractivity contribution >= 4 is 11.7 Å². The van der Waals surface area contributed by atoms with Gasteiger partial charge in [-0.05, 0) is 49.7 Å². The highest BCUT2D eigenvalue weighted by Crippen LogP contribution is 2.33. The minimum atomic E-state index is -0.493. The van der Waals surface area contributed by atoms with Crippen molar-refractivity contribution in [3.05, 3.63) is 63.1 Å². The van der Waals surface area contributed by atoms with Crippen LogP contribution >= 0.6 is 0 Å². The minimum Gasteiger partial charge on any atom is -0.490 e. The Balaban J connectivity index is 1.50. The fourth-order valence-electron chi connectivity index (χ4n) is 4.42. The number of ether oxygens (including phenoxy) is 1. The zero-order valence-electron chi connectivity index (χ0n) is 17.5. The molecule has 6 heteroatoms. The summed E-state index contributed by atoms with van der Waals surface area (Å²) in [6.07, 6.45) is 5.70. The first-order valence-electron chi connectivity index (χ1n) is 10.6. The smallest absolute Gasteiger partial charge is 0.261 e. The molecular weight excluding hydrogens is 380 g/mol. The molecule has 1 saturated carbocycles. The predicted octanol–water partition coefficient (Wildman–Crippen LogP) is 3.78. The molecule has 0 saturated heterocycles. The van der Waals surface area contributed by atoms with E-state index in [4.69, 9.17) is 4.74 Å². The Kier molecular flexibility index (Phi) is 5.50. The van der Waals surface area contributed by atoms with E-state index in [1.54, 1.807) is 0 Å². The molecule has 1 amide bonds. The van der Waals surface area contributed by atoms with E-state index < -0.39 is 11.5 Å². The maximum Gasteiger partial charge on any atom is 0.261 e. The molecule has 1 aromatic carbocycles. The van der Waals surface area contributed by atoms with Crippen molar-refractivity contribution in [1.29, 1.82) is 0 Å². The molecule has 6 nitrogen and oxygen atoms in total. The van der Waals surface area contributed by atoms with E-state index in [2.05, 4.69) is 10.3 Å². The number of Topliss-reactive ketones (excluding diaryl/α,β-unsaturated/α-hetero) is 1. The van der Waals surface area contributed by atoms with Gasteiger partial charge in [0.1, 0.15) is 11.3 Å². The molecule has 0 radical (unpaired) electrons. The summed E-state index contributed by atoms with van der Waals surface area (Å²) in [5, 5.41) is 2.81. The van der Waals surface area contributed by atoms with Crippen molar-refractivity contribution in [3.8, 4) is 5.75 Å². The Bertz CT molecular complexity index is 1030. The zero-order valence-corrected chi connectivity index (χ0v) is 17.5. The number of carbonyl (C=O) groups excluding carboxylic acids is 2. The first-order chi connectivity index (χ1) is 14.3. The largest absolute Gasteiger partial charge is 0.490 e. The molecule has 30 heavy (non-hydrogen) atoms. The van der Waals surface area contributed by atoms with E-state index in [0.29, 0.717) is 24.1 Å². The molecule has 158 valence electrons. The number of benzene rings is 1. The normalized spacial score (nSPS) is 18.1. The number of amides is 1. The van der Waals surface area contributed by atoms with Crippen molar-refractivity contribution in [3.63, 3.8) is 0 Å². The number of fused-ring (bicyclic) bond motifs is 1. The van der Waals surface area contributed by atoms with Crippen LogP contribution in [0.5, 0.6) is 5.75 Å². The van der Waals surface area contributed by atoms with Crippen LogP contribution in [-0.4, -0.2) is 22.8 Å². The summed E-state index contributed by atoms with van der Waals surface area (Å²) in [5.74, 6) is 0.232. The van der Waals surface area contributed by atoms with Crippen molar-refractivity contribution in [2.75, 3.05) is 0 Å². The maximum absolute atomic E-state index is 12.7. The number of pyridine rings is 1. The highest BCUT2D eigenvalue weighted by molar-refractivity contribution is 6.02. The Morgan fingerprint density at radius 1 is 1.17 bits per heavy atom. The average molecular weight is 408 g/mol. The number of aromatic nitrogens is 1. The van der Waals surface area contributed by atoms with Crippen LogP contribution in [0, 0.1) is 5.41 Å². The second-order valence-electron chi connectivity index (χ2n) is 9.16. The monoisotopic (exact) mass is 408 g/mol. The number of nitrogens with one attached hydrogen (secondary N) is 2. The average Bonchev–Trinajstić information content (AvgIpc) is 3.19. The lowest BCUT2D eigenvalue weighted by Gasteiger charge is -2.29. The molecule has 0 aliphatic heterocycles. The van der Waals surface area contributed by atoms with Gasteiger partial charge in [-0.2, -0.15) is 0 Å². The van der Waals surface area contributed by atoms with Crippen molar-refractivity contribution in [2.24, 2.45) is 5.41 Å². The summed E-state index contributed by atoms with van der Waals surface area (Å²) >= 11 is 0. The fraction of sp³-hybridized carbons (Fsp3) is 0.458. The lowest BCUT2D eigenvalue weighted by Crippen LogP contribution is -2.34. The van der Waals surface area contributed by atoms with Crippen LogP contribution in [0.4, 0.5) is 0 Å². The number of hydrogen-bond acceptors (Lipinski definition) is 4. The van der Waals surface area contributed by atoms with Gasteiger partial charge in [0.15, 0.2) is 5.78 Å². The number of rotatable bonds is 5. The third-order valence-electron chi connectivity index (χ3n) is 5.97. The number of para-hydroxylation sites is 1. The molecule has 2 N–H and O–H groups in total. The lowest BCUT2D eigenvalue weighted by molar-refractivity contribution is 0.0910. The standard InChI is InChI=1S/C24H28N2O4/c1-24(2)12-19-17(20(27)13-24)11-18(23(29)26-19)22(28)25-14-15-7-3-6-10-21(15)30-16-8-4-5-9-16/h3,6-7,10-11,16H,4-5,8-9,12-14H2,1-2H3,(H,25,28)(H,26,29). The number of carbonyl (C=O) groups is 2. The molecule has 0 bridgehead atoms. The van der Waals surface area contributed by atoms with Crippen molar-refractivity contribution < 1.29 is 14.3 Å². The number of aromatic amines is 1. The molecule has 1 heterocycles. The Morgan fingerprint density at radius 2 is 1.90 bits per heavy atom. The quantitative estimate of drug-likeness (QED) is 0.788. The summed E-state index contributed by atoms with van der Waals surface area (Å²) in [6.45, 7) is 4.25. The van der Waals surface area contributed by atoms with Gasteiger partial charge in [0.2, 0.25) is 0 Å². The number of H-pyrrole nitrogens is 1. The molecule has 2 aliphatic carbocycles. The van der Waals surface area contributed by atoms with E-state index in [9.17, 15) is 14.4 Å². The Hall–Kier alpha value is -2.89. The summed E-state index contributed by atoms with van der Waals surface area (Å²) < 4.78 is 6.11. The van der Waals surface area contributed by atoms with Crippen LogP contribution in [0.1, 0.15) is 77.9 Å². The van der Waals surface area contributed by atoms with Crippen molar-refractivity contribution in [1.82, 2.24) is 10.3 Å². The van der Waals surface area contributed by atoms with E-state index in [1.165, 1.54) is 18.9 Å². The Morgan fingerprint density at radius 3 is 2.67 bits per heavy atom. The van der Waals surface area contributed by atoms with Gasteiger partial charge in [-0.25, -0.2) is 0 Å². The second kappa shape index (κ2) is 8.09. The highest BCUT2D eigenvalue weighted by Gasteiger charge is 2.32. The molecule has 4 rings (SSSR count). The molecule has 1 aromatic heterocycles. The van der Waals surface area contributed by atoms with Crippen LogP contribution in [0.15, 0.2) is 35.1 Å². The van der Waals surface area contributed by atoms with Crippen LogP contribution in [0.2, 0.25) is 0 Å². The summed E-state index contributed by atoms with van der Waals surface area (Å²) in [7, 11) is 0. The first kappa shape index (κ1) is 20.4. The van der Waals surface area contributed by atoms with Gasteiger partial charge in [-0.3, -0.25) is 14.4 Å². The summed E-state index contributed by atoms with van der Waals surface area (Å²) in [6, 6.07) is 9.08. The van der Waals surface area contributed by atoms with Crippen LogP contribution in [0.3, 0.4) is 0 Å². The van der Waals surface area contributed by atoms with E-state index in [-0.39, 0.29) is 29.4 Å². The number of hydrogen-bond donors (Lipinski definition) is 2. The molecular formula is C24H28N2O4. The highest BCUT2D eigenvalue weighted by atomic mass is 16.5. The first-order valence-corrected chi connectivity index (χ1v) is 10.6. The number of ketones is 1. The summed E-state index contributed by atoms with van der Waals surface area (Å²) in [5.41, 5.74) is 1.24. The minimum absolute atomic E-state index is 0.0315. The third-order valence-corrected chi connectivity index (χ3v) is 5.97. The second-order valence-corrected chi connectivity index (χ2v) is 9.16. The van der Waals surface area contributed by atoms with Gasteiger partial charge in [-0.15, -0.1) is 0 Å². The molecule has 2 aliphatic rings. The van der Waals surface area contributed by atoms with Crippen LogP contribution in [-0.2, 0) is 13.0 Å². The lowest BCUT2D eigenvalue weighted by atomic mass is 9.75. The molecule has 1 fully saturated rings.